The number of nitrogens with one attached hydrogen (secondary N) is 1. The van der Waals surface area contributed by atoms with Gasteiger partial charge in [-0.05, 0) is 19.4 Å². The normalized spacial score (nSPS) is 12.1. The Morgan fingerprint density at radius 2 is 2.38 bits per heavy atom. The molecule has 88 valence electrons. The van der Waals surface area contributed by atoms with Crippen LogP contribution in [0.2, 0.25) is 0 Å². The highest BCUT2D eigenvalue weighted by molar-refractivity contribution is 5.75. The van der Waals surface area contributed by atoms with E-state index in [2.05, 4.69) is 17.2 Å². The van der Waals surface area contributed by atoms with Gasteiger partial charge in [-0.3, -0.25) is 9.36 Å². The van der Waals surface area contributed by atoms with Crippen molar-refractivity contribution < 1.29 is 4.79 Å². The Hall–Kier alpha value is -1.65. The highest BCUT2D eigenvalue weighted by atomic mass is 16.2. The average molecular weight is 223 g/mol. The molecule has 16 heavy (non-hydrogen) atoms. The second kappa shape index (κ2) is 6.05. The molecule has 0 radical (unpaired) electrons. The lowest BCUT2D eigenvalue weighted by Gasteiger charge is -2.12. The lowest BCUT2D eigenvalue weighted by atomic mass is 10.2. The first-order valence-corrected chi connectivity index (χ1v) is 5.44. The van der Waals surface area contributed by atoms with Crippen molar-refractivity contribution >= 4 is 5.91 Å². The third kappa shape index (κ3) is 3.84. The Balaban J connectivity index is 2.52. The van der Waals surface area contributed by atoms with Crippen LogP contribution in [0, 0.1) is 0 Å². The monoisotopic (exact) mass is 223 g/mol. The van der Waals surface area contributed by atoms with Gasteiger partial charge in [-0.1, -0.05) is 13.3 Å². The third-order valence-electron chi connectivity index (χ3n) is 2.23. The first-order valence-electron chi connectivity index (χ1n) is 5.44. The first kappa shape index (κ1) is 12.4. The van der Waals surface area contributed by atoms with Crippen molar-refractivity contribution in [2.45, 2.75) is 39.3 Å². The lowest BCUT2D eigenvalue weighted by molar-refractivity contribution is -0.122. The van der Waals surface area contributed by atoms with Crippen LogP contribution < -0.4 is 11.0 Å². The second-order valence-electron chi connectivity index (χ2n) is 3.79. The highest BCUT2D eigenvalue weighted by Gasteiger charge is 2.07. The molecule has 1 unspecified atom stereocenters. The molecule has 0 aliphatic heterocycles. The lowest BCUT2D eigenvalue weighted by Crippen LogP contribution is -2.37. The van der Waals surface area contributed by atoms with E-state index in [1.165, 1.54) is 10.8 Å². The van der Waals surface area contributed by atoms with E-state index in [-0.39, 0.29) is 18.5 Å². The third-order valence-corrected chi connectivity index (χ3v) is 2.23. The molecule has 1 rings (SSSR count). The highest BCUT2D eigenvalue weighted by Crippen LogP contribution is 1.94. The van der Waals surface area contributed by atoms with Crippen LogP contribution in [0.25, 0.3) is 0 Å². The smallest absolute Gasteiger partial charge is 0.347 e. The minimum Gasteiger partial charge on any atom is -0.352 e. The summed E-state index contributed by atoms with van der Waals surface area (Å²) in [6, 6.07) is 1.77. The first-order chi connectivity index (χ1) is 7.63. The summed E-state index contributed by atoms with van der Waals surface area (Å²) >= 11 is 0. The standard InChI is InChI=1S/C11H17N3O2/c1-3-5-9(2)13-10(15)8-14-7-4-6-12-11(14)16/h4,6-7,9H,3,5,8H2,1-2H3,(H,13,15). The Kier molecular flexibility index (Phi) is 4.69. The van der Waals surface area contributed by atoms with Gasteiger partial charge in [0.05, 0.1) is 0 Å². The summed E-state index contributed by atoms with van der Waals surface area (Å²) in [6.07, 6.45) is 4.93. The number of hydrogen-bond acceptors (Lipinski definition) is 3. The van der Waals surface area contributed by atoms with Gasteiger partial charge in [-0.2, -0.15) is 0 Å². The molecule has 0 aliphatic carbocycles. The molecule has 0 saturated heterocycles. The van der Waals surface area contributed by atoms with Gasteiger partial charge in [0.2, 0.25) is 5.91 Å². The fraction of sp³-hybridized carbons (Fsp3) is 0.545. The van der Waals surface area contributed by atoms with E-state index in [0.29, 0.717) is 0 Å². The molecule has 1 N–H and O–H groups in total. The predicted octanol–water partition coefficient (Wildman–Crippen LogP) is 0.548. The minimum absolute atomic E-state index is 0.0285. The molecule has 1 aromatic heterocycles. The zero-order chi connectivity index (χ0) is 12.0. The minimum atomic E-state index is -0.402. The molecule has 0 bridgehead atoms. The fourth-order valence-electron chi connectivity index (χ4n) is 1.49. The molecule has 0 aromatic carbocycles. The van der Waals surface area contributed by atoms with Crippen LogP contribution in [-0.4, -0.2) is 21.5 Å². The maximum atomic E-state index is 11.6. The van der Waals surface area contributed by atoms with Gasteiger partial charge in [0, 0.05) is 18.4 Å². The number of nitrogens with zero attached hydrogens (tertiary/aromatic N) is 2. The van der Waals surface area contributed by atoms with Crippen molar-refractivity contribution in [3.8, 4) is 0 Å². The summed E-state index contributed by atoms with van der Waals surface area (Å²) in [6.45, 7) is 4.04. The SMILES string of the molecule is CCCC(C)NC(=O)Cn1cccnc1=O. The van der Waals surface area contributed by atoms with E-state index in [0.717, 1.165) is 12.8 Å². The van der Waals surface area contributed by atoms with Crippen molar-refractivity contribution in [2.24, 2.45) is 0 Å². The molecule has 0 spiro atoms. The summed E-state index contributed by atoms with van der Waals surface area (Å²) in [5.41, 5.74) is -0.402. The molecule has 1 aromatic rings. The molecular weight excluding hydrogens is 206 g/mol. The number of rotatable bonds is 5. The molecule has 5 nitrogen and oxygen atoms in total. The average Bonchev–Trinajstić information content (AvgIpc) is 2.21. The molecule has 5 heteroatoms. The maximum absolute atomic E-state index is 11.6. The zero-order valence-corrected chi connectivity index (χ0v) is 9.64. The van der Waals surface area contributed by atoms with Gasteiger partial charge in [0.15, 0.2) is 0 Å². The van der Waals surface area contributed by atoms with Gasteiger partial charge >= 0.3 is 5.69 Å². The van der Waals surface area contributed by atoms with Gasteiger partial charge in [0.25, 0.3) is 0 Å². The Labute approximate surface area is 94.5 Å². The van der Waals surface area contributed by atoms with Crippen LogP contribution in [0.5, 0.6) is 0 Å². The quantitative estimate of drug-likeness (QED) is 0.792. The van der Waals surface area contributed by atoms with Crippen LogP contribution in [0.3, 0.4) is 0 Å². The molecule has 0 fully saturated rings. The number of amides is 1. The number of carbonyl (C=O) groups is 1. The molecule has 0 saturated carbocycles. The molecule has 1 heterocycles. The Morgan fingerprint density at radius 1 is 1.62 bits per heavy atom. The Morgan fingerprint density at radius 3 is 3.00 bits per heavy atom. The van der Waals surface area contributed by atoms with Gasteiger partial charge in [-0.25, -0.2) is 9.78 Å². The summed E-state index contributed by atoms with van der Waals surface area (Å²) < 4.78 is 1.29. The topological polar surface area (TPSA) is 64.0 Å². The number of aromatic nitrogens is 2. The van der Waals surface area contributed by atoms with Crippen LogP contribution in [-0.2, 0) is 11.3 Å². The van der Waals surface area contributed by atoms with Gasteiger partial charge < -0.3 is 5.32 Å². The summed E-state index contributed by atoms with van der Waals surface area (Å²) in [4.78, 5) is 26.4. The molecule has 1 atom stereocenters. The van der Waals surface area contributed by atoms with Crippen molar-refractivity contribution in [3.05, 3.63) is 28.9 Å². The van der Waals surface area contributed by atoms with Crippen molar-refractivity contribution in [1.82, 2.24) is 14.9 Å². The summed E-state index contributed by atoms with van der Waals surface area (Å²) in [7, 11) is 0. The largest absolute Gasteiger partial charge is 0.352 e. The van der Waals surface area contributed by atoms with Crippen molar-refractivity contribution in [3.63, 3.8) is 0 Å². The molecular formula is C11H17N3O2. The summed E-state index contributed by atoms with van der Waals surface area (Å²) in [5, 5.41) is 2.83. The van der Waals surface area contributed by atoms with E-state index in [1.54, 1.807) is 12.3 Å². The van der Waals surface area contributed by atoms with E-state index in [1.807, 2.05) is 6.92 Å². The number of hydrogen-bond donors (Lipinski definition) is 1. The van der Waals surface area contributed by atoms with Gasteiger partial charge in [-0.15, -0.1) is 0 Å². The van der Waals surface area contributed by atoms with Crippen LogP contribution in [0.1, 0.15) is 26.7 Å². The van der Waals surface area contributed by atoms with Crippen LogP contribution in [0.4, 0.5) is 0 Å². The van der Waals surface area contributed by atoms with Crippen molar-refractivity contribution in [2.75, 3.05) is 0 Å². The van der Waals surface area contributed by atoms with Crippen LogP contribution >= 0.6 is 0 Å². The molecule has 1 amide bonds. The van der Waals surface area contributed by atoms with E-state index in [4.69, 9.17) is 0 Å². The zero-order valence-electron chi connectivity index (χ0n) is 9.64. The summed E-state index contributed by atoms with van der Waals surface area (Å²) in [5.74, 6) is -0.156. The number of carbonyl (C=O) groups excluding carboxylic acids is 1. The maximum Gasteiger partial charge on any atom is 0.347 e. The van der Waals surface area contributed by atoms with E-state index in [9.17, 15) is 9.59 Å². The van der Waals surface area contributed by atoms with E-state index >= 15 is 0 Å². The second-order valence-corrected chi connectivity index (χ2v) is 3.79. The molecule has 0 aliphatic rings. The van der Waals surface area contributed by atoms with Gasteiger partial charge in [0.1, 0.15) is 6.54 Å². The fourth-order valence-corrected chi connectivity index (χ4v) is 1.49. The van der Waals surface area contributed by atoms with Crippen LogP contribution in [0.15, 0.2) is 23.3 Å². The van der Waals surface area contributed by atoms with E-state index < -0.39 is 5.69 Å². The predicted molar refractivity (Wildman–Crippen MR) is 61.0 cm³/mol. The Bertz CT molecular complexity index is 400. The van der Waals surface area contributed by atoms with Crippen molar-refractivity contribution in [1.29, 1.82) is 0 Å².